The SMILES string of the molecule is CC(C)NC(=O)CNC1(CO)CCc2ccccc21. The first-order chi connectivity index (χ1) is 9.07. The second-order valence-corrected chi connectivity index (χ2v) is 5.47. The van der Waals surface area contributed by atoms with Crippen molar-refractivity contribution in [3.8, 4) is 0 Å². The molecule has 0 saturated heterocycles. The molecule has 0 heterocycles. The maximum atomic E-state index is 11.7. The highest BCUT2D eigenvalue weighted by molar-refractivity contribution is 5.78. The minimum Gasteiger partial charge on any atom is -0.394 e. The van der Waals surface area contributed by atoms with Gasteiger partial charge in [0.15, 0.2) is 0 Å². The Morgan fingerprint density at radius 1 is 1.42 bits per heavy atom. The van der Waals surface area contributed by atoms with Gasteiger partial charge in [-0.15, -0.1) is 0 Å². The van der Waals surface area contributed by atoms with Crippen LogP contribution in [0.3, 0.4) is 0 Å². The first-order valence-electron chi connectivity index (χ1n) is 6.81. The van der Waals surface area contributed by atoms with Crippen LogP contribution in [0.1, 0.15) is 31.4 Å². The van der Waals surface area contributed by atoms with Crippen LogP contribution in [0.4, 0.5) is 0 Å². The van der Waals surface area contributed by atoms with Crippen molar-refractivity contribution >= 4 is 5.91 Å². The van der Waals surface area contributed by atoms with Crippen LogP contribution in [0.2, 0.25) is 0 Å². The van der Waals surface area contributed by atoms with Crippen molar-refractivity contribution in [3.05, 3.63) is 35.4 Å². The van der Waals surface area contributed by atoms with Gasteiger partial charge in [-0.25, -0.2) is 0 Å². The van der Waals surface area contributed by atoms with Gasteiger partial charge in [-0.05, 0) is 37.8 Å². The second kappa shape index (κ2) is 5.72. The van der Waals surface area contributed by atoms with Gasteiger partial charge in [0.25, 0.3) is 0 Å². The minimum absolute atomic E-state index is 0.0129. The number of carbonyl (C=O) groups is 1. The van der Waals surface area contributed by atoms with Gasteiger partial charge in [-0.3, -0.25) is 10.1 Å². The predicted molar refractivity (Wildman–Crippen MR) is 74.8 cm³/mol. The van der Waals surface area contributed by atoms with Crippen molar-refractivity contribution in [2.45, 2.75) is 38.3 Å². The van der Waals surface area contributed by atoms with Gasteiger partial charge >= 0.3 is 0 Å². The highest BCUT2D eigenvalue weighted by atomic mass is 16.3. The number of hydrogen-bond acceptors (Lipinski definition) is 3. The predicted octanol–water partition coefficient (Wildman–Crippen LogP) is 0.935. The van der Waals surface area contributed by atoms with Crippen LogP contribution in [0.15, 0.2) is 24.3 Å². The molecule has 0 aliphatic heterocycles. The van der Waals surface area contributed by atoms with E-state index in [1.165, 1.54) is 5.56 Å². The van der Waals surface area contributed by atoms with Crippen molar-refractivity contribution in [1.82, 2.24) is 10.6 Å². The van der Waals surface area contributed by atoms with E-state index in [0.29, 0.717) is 0 Å². The maximum Gasteiger partial charge on any atom is 0.234 e. The zero-order chi connectivity index (χ0) is 13.9. The summed E-state index contributed by atoms with van der Waals surface area (Å²) in [6, 6.07) is 8.24. The third-order valence-corrected chi connectivity index (χ3v) is 3.66. The molecule has 4 heteroatoms. The molecule has 0 radical (unpaired) electrons. The number of aliphatic hydroxyl groups excluding tert-OH is 1. The molecule has 2 rings (SSSR count). The molecule has 1 aliphatic rings. The number of rotatable bonds is 5. The van der Waals surface area contributed by atoms with Crippen molar-refractivity contribution < 1.29 is 9.90 Å². The number of fused-ring (bicyclic) bond motifs is 1. The van der Waals surface area contributed by atoms with Crippen LogP contribution in [0.5, 0.6) is 0 Å². The Bertz CT molecular complexity index is 459. The number of nitrogens with one attached hydrogen (secondary N) is 2. The van der Waals surface area contributed by atoms with E-state index in [1.807, 2.05) is 32.0 Å². The van der Waals surface area contributed by atoms with E-state index in [9.17, 15) is 9.90 Å². The lowest BCUT2D eigenvalue weighted by molar-refractivity contribution is -0.121. The van der Waals surface area contributed by atoms with E-state index in [-0.39, 0.29) is 25.1 Å². The summed E-state index contributed by atoms with van der Waals surface area (Å²) in [4.78, 5) is 11.7. The summed E-state index contributed by atoms with van der Waals surface area (Å²) in [5.74, 6) is -0.0350. The van der Waals surface area contributed by atoms with Gasteiger partial charge in [-0.1, -0.05) is 24.3 Å². The number of benzene rings is 1. The topological polar surface area (TPSA) is 61.4 Å². The molecular formula is C15H22N2O2. The average molecular weight is 262 g/mol. The summed E-state index contributed by atoms with van der Waals surface area (Å²) >= 11 is 0. The van der Waals surface area contributed by atoms with Gasteiger partial charge in [0.2, 0.25) is 5.91 Å². The highest BCUT2D eigenvalue weighted by Gasteiger charge is 2.37. The molecule has 0 saturated carbocycles. The molecule has 1 unspecified atom stereocenters. The lowest BCUT2D eigenvalue weighted by Crippen LogP contribution is -2.49. The molecule has 1 aromatic carbocycles. The molecule has 4 nitrogen and oxygen atoms in total. The normalized spacial score (nSPS) is 21.5. The van der Waals surface area contributed by atoms with Crippen LogP contribution in [-0.2, 0) is 16.8 Å². The van der Waals surface area contributed by atoms with Crippen molar-refractivity contribution in [1.29, 1.82) is 0 Å². The van der Waals surface area contributed by atoms with Gasteiger partial charge in [0.1, 0.15) is 0 Å². The molecule has 0 bridgehead atoms. The van der Waals surface area contributed by atoms with Crippen LogP contribution in [0, 0.1) is 0 Å². The van der Waals surface area contributed by atoms with Gasteiger partial charge in [0, 0.05) is 6.04 Å². The lowest BCUT2D eigenvalue weighted by Gasteiger charge is -2.29. The van der Waals surface area contributed by atoms with E-state index in [4.69, 9.17) is 0 Å². The Morgan fingerprint density at radius 3 is 2.84 bits per heavy atom. The number of amides is 1. The summed E-state index contributed by atoms with van der Waals surface area (Å²) in [5.41, 5.74) is 1.91. The molecule has 0 aromatic heterocycles. The lowest BCUT2D eigenvalue weighted by atomic mass is 9.92. The fourth-order valence-electron chi connectivity index (χ4n) is 2.71. The standard InChI is InChI=1S/C15H22N2O2/c1-11(2)17-14(19)9-16-15(10-18)8-7-12-5-3-4-6-13(12)15/h3-6,11,16,18H,7-10H2,1-2H3,(H,17,19). The fourth-order valence-corrected chi connectivity index (χ4v) is 2.71. The average Bonchev–Trinajstić information content (AvgIpc) is 2.75. The van der Waals surface area contributed by atoms with E-state index in [0.717, 1.165) is 18.4 Å². The maximum absolute atomic E-state index is 11.7. The number of carbonyl (C=O) groups excluding carboxylic acids is 1. The number of aryl methyl sites for hydroxylation is 1. The summed E-state index contributed by atoms with van der Waals surface area (Å²) in [6.45, 7) is 4.11. The van der Waals surface area contributed by atoms with Crippen LogP contribution in [0.25, 0.3) is 0 Å². The van der Waals surface area contributed by atoms with E-state index < -0.39 is 5.54 Å². The number of hydrogen-bond donors (Lipinski definition) is 3. The molecule has 1 aromatic rings. The van der Waals surface area contributed by atoms with Crippen LogP contribution < -0.4 is 10.6 Å². The van der Waals surface area contributed by atoms with Crippen LogP contribution >= 0.6 is 0 Å². The molecule has 1 atom stereocenters. The molecule has 0 fully saturated rings. The zero-order valence-corrected chi connectivity index (χ0v) is 11.6. The second-order valence-electron chi connectivity index (χ2n) is 5.47. The van der Waals surface area contributed by atoms with Crippen LogP contribution in [-0.4, -0.2) is 30.2 Å². The summed E-state index contributed by atoms with van der Waals surface area (Å²) < 4.78 is 0. The van der Waals surface area contributed by atoms with Gasteiger partial charge in [-0.2, -0.15) is 0 Å². The Labute approximate surface area is 114 Å². The highest BCUT2D eigenvalue weighted by Crippen LogP contribution is 2.36. The Morgan fingerprint density at radius 2 is 2.16 bits per heavy atom. The van der Waals surface area contributed by atoms with Gasteiger partial charge in [0.05, 0.1) is 18.7 Å². The smallest absolute Gasteiger partial charge is 0.234 e. The third-order valence-electron chi connectivity index (χ3n) is 3.66. The summed E-state index contributed by atoms with van der Waals surface area (Å²) in [7, 11) is 0. The Balaban J connectivity index is 2.07. The van der Waals surface area contributed by atoms with Crippen molar-refractivity contribution in [3.63, 3.8) is 0 Å². The van der Waals surface area contributed by atoms with Crippen molar-refractivity contribution in [2.75, 3.05) is 13.2 Å². The van der Waals surface area contributed by atoms with E-state index >= 15 is 0 Å². The minimum atomic E-state index is -0.467. The van der Waals surface area contributed by atoms with E-state index in [2.05, 4.69) is 16.7 Å². The summed E-state index contributed by atoms with van der Waals surface area (Å²) in [5, 5.41) is 15.9. The third kappa shape index (κ3) is 2.96. The molecule has 19 heavy (non-hydrogen) atoms. The fraction of sp³-hybridized carbons (Fsp3) is 0.533. The molecule has 1 aliphatic carbocycles. The molecule has 3 N–H and O–H groups in total. The summed E-state index contributed by atoms with van der Waals surface area (Å²) in [6.07, 6.45) is 1.77. The molecule has 104 valence electrons. The molecule has 0 spiro atoms. The van der Waals surface area contributed by atoms with E-state index in [1.54, 1.807) is 0 Å². The van der Waals surface area contributed by atoms with Gasteiger partial charge < -0.3 is 10.4 Å². The number of aliphatic hydroxyl groups is 1. The first kappa shape index (κ1) is 14.0. The molecule has 1 amide bonds. The quantitative estimate of drug-likeness (QED) is 0.740. The first-order valence-corrected chi connectivity index (χ1v) is 6.81. The largest absolute Gasteiger partial charge is 0.394 e. The zero-order valence-electron chi connectivity index (χ0n) is 11.6. The monoisotopic (exact) mass is 262 g/mol. The Hall–Kier alpha value is -1.39. The van der Waals surface area contributed by atoms with Crippen molar-refractivity contribution in [2.24, 2.45) is 0 Å². The Kier molecular flexibility index (Phi) is 4.22. The molecular weight excluding hydrogens is 240 g/mol.